The summed E-state index contributed by atoms with van der Waals surface area (Å²) >= 11 is 0. The predicted molar refractivity (Wildman–Crippen MR) is 69.9 cm³/mol. The normalized spacial score (nSPS) is 29.8. The molecule has 112 valence electrons. The molecule has 4 atom stereocenters. The molecule has 0 radical (unpaired) electrons. The lowest BCUT2D eigenvalue weighted by Crippen LogP contribution is -2.38. The molecule has 0 aliphatic carbocycles. The van der Waals surface area contributed by atoms with E-state index in [2.05, 4.69) is 4.98 Å². The molecule has 1 aliphatic heterocycles. The van der Waals surface area contributed by atoms with Gasteiger partial charge in [-0.3, -0.25) is 4.57 Å². The van der Waals surface area contributed by atoms with Crippen molar-refractivity contribution < 1.29 is 19.7 Å². The Labute approximate surface area is 115 Å². The third-order valence-electron chi connectivity index (χ3n) is 3.13. The van der Waals surface area contributed by atoms with Gasteiger partial charge in [-0.15, -0.1) is 0 Å². The predicted octanol–water partition coefficient (Wildman–Crippen LogP) is -1.13. The van der Waals surface area contributed by atoms with Crippen LogP contribution in [0.1, 0.15) is 19.6 Å². The molecule has 1 saturated heterocycles. The van der Waals surface area contributed by atoms with Crippen LogP contribution in [0, 0.1) is 0 Å². The van der Waals surface area contributed by atoms with Gasteiger partial charge in [0.25, 0.3) is 0 Å². The van der Waals surface area contributed by atoms with E-state index in [-0.39, 0.29) is 12.4 Å². The summed E-state index contributed by atoms with van der Waals surface area (Å²) < 4.78 is 12.2. The van der Waals surface area contributed by atoms with Crippen molar-refractivity contribution in [3.05, 3.63) is 22.7 Å². The fourth-order valence-electron chi connectivity index (χ4n) is 2.15. The fourth-order valence-corrected chi connectivity index (χ4v) is 2.15. The topological polar surface area (TPSA) is 120 Å². The van der Waals surface area contributed by atoms with E-state index in [0.717, 1.165) is 6.42 Å². The van der Waals surface area contributed by atoms with Gasteiger partial charge in [0.05, 0.1) is 6.61 Å². The second-order valence-corrected chi connectivity index (χ2v) is 4.62. The van der Waals surface area contributed by atoms with E-state index in [4.69, 9.17) is 15.2 Å². The molecule has 0 amide bonds. The minimum absolute atomic E-state index is 0.106. The molecule has 20 heavy (non-hydrogen) atoms. The monoisotopic (exact) mass is 285 g/mol. The summed E-state index contributed by atoms with van der Waals surface area (Å²) in [5, 5.41) is 19.3. The summed E-state index contributed by atoms with van der Waals surface area (Å²) in [7, 11) is 0. The number of aliphatic hydroxyl groups excluding tert-OH is 2. The number of nitrogens with zero attached hydrogens (tertiary/aromatic N) is 2. The molecule has 1 aromatic heterocycles. The zero-order chi connectivity index (χ0) is 14.7. The maximum Gasteiger partial charge on any atom is 0.351 e. The first-order chi connectivity index (χ1) is 9.58. The van der Waals surface area contributed by atoms with E-state index in [1.54, 1.807) is 0 Å². The van der Waals surface area contributed by atoms with Crippen LogP contribution in [0.5, 0.6) is 0 Å². The standard InChI is InChI=1S/C12H19N3O5/c1-2-5-19-10-9(17)7(6-16)20-11(10)15-4-3-8(13)14-12(15)18/h3-4,7,9-11,16-17H,2,5-6H2,1H3,(H2,13,14,18)/t7-,9+,10-,11-/m1/s1. The molecule has 1 aliphatic rings. The van der Waals surface area contributed by atoms with E-state index < -0.39 is 30.2 Å². The molecule has 1 aromatic rings. The lowest BCUT2D eigenvalue weighted by molar-refractivity contribution is -0.0741. The Morgan fingerprint density at radius 1 is 1.60 bits per heavy atom. The fraction of sp³-hybridized carbons (Fsp3) is 0.667. The number of hydrogen-bond donors (Lipinski definition) is 3. The van der Waals surface area contributed by atoms with E-state index in [1.807, 2.05) is 6.92 Å². The molecule has 0 spiro atoms. The van der Waals surface area contributed by atoms with Crippen LogP contribution in [0.15, 0.2) is 17.1 Å². The van der Waals surface area contributed by atoms with Crippen LogP contribution < -0.4 is 11.4 Å². The van der Waals surface area contributed by atoms with Gasteiger partial charge in [-0.05, 0) is 12.5 Å². The Balaban J connectivity index is 2.29. The number of aromatic nitrogens is 2. The largest absolute Gasteiger partial charge is 0.394 e. The summed E-state index contributed by atoms with van der Waals surface area (Å²) in [6.07, 6.45) is -1.20. The van der Waals surface area contributed by atoms with Crippen LogP contribution in [0.4, 0.5) is 5.82 Å². The highest BCUT2D eigenvalue weighted by Crippen LogP contribution is 2.30. The molecule has 4 N–H and O–H groups in total. The van der Waals surface area contributed by atoms with Crippen LogP contribution >= 0.6 is 0 Å². The minimum Gasteiger partial charge on any atom is -0.394 e. The third-order valence-corrected chi connectivity index (χ3v) is 3.13. The Bertz CT molecular complexity index is 506. The molecule has 0 bridgehead atoms. The maximum atomic E-state index is 11.8. The van der Waals surface area contributed by atoms with Crippen molar-refractivity contribution in [3.8, 4) is 0 Å². The minimum atomic E-state index is -1.01. The van der Waals surface area contributed by atoms with Gasteiger partial charge in [-0.2, -0.15) is 4.98 Å². The van der Waals surface area contributed by atoms with Crippen molar-refractivity contribution in [1.29, 1.82) is 0 Å². The molecule has 0 saturated carbocycles. The van der Waals surface area contributed by atoms with Crippen LogP contribution in [0.25, 0.3) is 0 Å². The lowest BCUT2D eigenvalue weighted by Gasteiger charge is -2.21. The number of nitrogen functional groups attached to an aromatic ring is 1. The first kappa shape index (κ1) is 14.9. The summed E-state index contributed by atoms with van der Waals surface area (Å²) in [5.74, 6) is 0.106. The quantitative estimate of drug-likeness (QED) is 0.626. The molecule has 1 fully saturated rings. The van der Waals surface area contributed by atoms with E-state index in [9.17, 15) is 15.0 Å². The molecule has 2 rings (SSSR count). The van der Waals surface area contributed by atoms with Gasteiger partial charge in [-0.25, -0.2) is 4.79 Å². The smallest absolute Gasteiger partial charge is 0.351 e. The molecule has 0 unspecified atom stereocenters. The molecular formula is C12H19N3O5. The molecular weight excluding hydrogens is 266 g/mol. The van der Waals surface area contributed by atoms with Gasteiger partial charge >= 0.3 is 5.69 Å². The highest BCUT2D eigenvalue weighted by Gasteiger charge is 2.45. The molecule has 8 heteroatoms. The zero-order valence-corrected chi connectivity index (χ0v) is 11.2. The lowest BCUT2D eigenvalue weighted by atomic mass is 10.1. The molecule has 2 heterocycles. The van der Waals surface area contributed by atoms with Crippen LogP contribution in [-0.4, -0.2) is 51.3 Å². The number of ether oxygens (including phenoxy) is 2. The second-order valence-electron chi connectivity index (χ2n) is 4.62. The van der Waals surface area contributed by atoms with Crippen molar-refractivity contribution in [1.82, 2.24) is 9.55 Å². The van der Waals surface area contributed by atoms with Crippen LogP contribution in [0.3, 0.4) is 0 Å². The van der Waals surface area contributed by atoms with Crippen molar-refractivity contribution >= 4 is 5.82 Å². The van der Waals surface area contributed by atoms with Gasteiger partial charge in [0.2, 0.25) is 0 Å². The maximum absolute atomic E-state index is 11.8. The summed E-state index contributed by atoms with van der Waals surface area (Å²) in [6, 6.07) is 1.46. The van der Waals surface area contributed by atoms with E-state index in [0.29, 0.717) is 6.61 Å². The summed E-state index contributed by atoms with van der Waals surface area (Å²) in [6.45, 7) is 1.98. The number of hydrogen-bond acceptors (Lipinski definition) is 7. The van der Waals surface area contributed by atoms with Crippen LogP contribution in [-0.2, 0) is 9.47 Å². The Morgan fingerprint density at radius 2 is 2.35 bits per heavy atom. The van der Waals surface area contributed by atoms with Crippen LogP contribution in [0.2, 0.25) is 0 Å². The van der Waals surface area contributed by atoms with Gasteiger partial charge in [0.1, 0.15) is 24.1 Å². The van der Waals surface area contributed by atoms with Gasteiger partial charge in [-0.1, -0.05) is 6.92 Å². The Hall–Kier alpha value is -1.48. The molecule has 0 aromatic carbocycles. The summed E-state index contributed by atoms with van der Waals surface area (Å²) in [5.41, 5.74) is 4.84. The van der Waals surface area contributed by atoms with Crippen molar-refractivity contribution in [3.63, 3.8) is 0 Å². The number of rotatable bonds is 5. The second kappa shape index (κ2) is 6.31. The number of anilines is 1. The number of aliphatic hydroxyl groups is 2. The highest BCUT2D eigenvalue weighted by molar-refractivity contribution is 5.23. The molecule has 8 nitrogen and oxygen atoms in total. The van der Waals surface area contributed by atoms with Gasteiger partial charge in [0.15, 0.2) is 6.23 Å². The van der Waals surface area contributed by atoms with Crippen molar-refractivity contribution in [2.24, 2.45) is 0 Å². The Morgan fingerprint density at radius 3 is 2.95 bits per heavy atom. The van der Waals surface area contributed by atoms with Crippen molar-refractivity contribution in [2.75, 3.05) is 18.9 Å². The van der Waals surface area contributed by atoms with E-state index >= 15 is 0 Å². The average molecular weight is 285 g/mol. The SMILES string of the molecule is CCCO[C@@H]1[C@@H](O)[C@@H](CO)O[C@H]1n1ccc(N)nc1=O. The first-order valence-corrected chi connectivity index (χ1v) is 6.49. The zero-order valence-electron chi connectivity index (χ0n) is 11.2. The van der Waals surface area contributed by atoms with E-state index in [1.165, 1.54) is 16.8 Å². The van der Waals surface area contributed by atoms with Gasteiger partial charge < -0.3 is 25.4 Å². The van der Waals surface area contributed by atoms with Gasteiger partial charge in [0, 0.05) is 12.8 Å². The summed E-state index contributed by atoms with van der Waals surface area (Å²) in [4.78, 5) is 15.5. The average Bonchev–Trinajstić information content (AvgIpc) is 2.73. The number of nitrogens with two attached hydrogens (primary N) is 1. The van der Waals surface area contributed by atoms with Crippen molar-refractivity contribution in [2.45, 2.75) is 37.9 Å². The third kappa shape index (κ3) is 2.83. The first-order valence-electron chi connectivity index (χ1n) is 6.49. The highest BCUT2D eigenvalue weighted by atomic mass is 16.6. The Kier molecular flexibility index (Phi) is 4.71.